The molecular weight excluding hydrogens is 298 g/mol. The molecule has 4 rings (SSSR count). The number of carbonyl (C=O) groups excluding carboxylic acids is 1. The van der Waals surface area contributed by atoms with Crippen LogP contribution in [0.2, 0.25) is 0 Å². The van der Waals surface area contributed by atoms with Crippen LogP contribution < -0.4 is 0 Å². The monoisotopic (exact) mass is 323 g/mol. The Bertz CT molecular complexity index is 709. The lowest BCUT2D eigenvalue weighted by Crippen LogP contribution is -2.29. The van der Waals surface area contributed by atoms with E-state index < -0.39 is 0 Å². The number of nitrogens with zero attached hydrogens (tertiary/aromatic N) is 3. The summed E-state index contributed by atoms with van der Waals surface area (Å²) in [5, 5.41) is 4.41. The van der Waals surface area contributed by atoms with Gasteiger partial charge < -0.3 is 4.90 Å². The Labute approximate surface area is 143 Å². The fourth-order valence-electron chi connectivity index (χ4n) is 4.53. The molecule has 0 spiro atoms. The minimum Gasteiger partial charge on any atom is -0.341 e. The van der Waals surface area contributed by atoms with Crippen molar-refractivity contribution >= 4 is 5.91 Å². The SMILES string of the molecule is CN(Cc1cnn(-c2ccccc2)c1)C(=O)C[C@H]1C[C@H]2CC[C@@H]1C2. The Morgan fingerprint density at radius 3 is 2.79 bits per heavy atom. The van der Waals surface area contributed by atoms with Gasteiger partial charge in [-0.15, -0.1) is 0 Å². The number of amides is 1. The first-order valence-electron chi connectivity index (χ1n) is 9.02. The average molecular weight is 323 g/mol. The van der Waals surface area contributed by atoms with Gasteiger partial charge in [-0.25, -0.2) is 4.68 Å². The normalized spacial score (nSPS) is 25.1. The Morgan fingerprint density at radius 2 is 2.08 bits per heavy atom. The van der Waals surface area contributed by atoms with Crippen LogP contribution in [0.4, 0.5) is 0 Å². The van der Waals surface area contributed by atoms with Gasteiger partial charge in [0, 0.05) is 31.8 Å². The van der Waals surface area contributed by atoms with E-state index >= 15 is 0 Å². The van der Waals surface area contributed by atoms with Crippen LogP contribution in [0.1, 0.15) is 37.7 Å². The van der Waals surface area contributed by atoms with Crippen molar-refractivity contribution in [2.75, 3.05) is 7.05 Å². The molecule has 2 bridgehead atoms. The van der Waals surface area contributed by atoms with E-state index in [1.807, 2.05) is 59.4 Å². The molecule has 24 heavy (non-hydrogen) atoms. The summed E-state index contributed by atoms with van der Waals surface area (Å²) < 4.78 is 1.86. The van der Waals surface area contributed by atoms with Crippen molar-refractivity contribution in [3.63, 3.8) is 0 Å². The number of aromatic nitrogens is 2. The van der Waals surface area contributed by atoms with Crippen molar-refractivity contribution in [2.24, 2.45) is 17.8 Å². The number of benzene rings is 1. The molecule has 0 aliphatic heterocycles. The van der Waals surface area contributed by atoms with Gasteiger partial charge in [-0.05, 0) is 49.1 Å². The lowest BCUT2D eigenvalue weighted by Gasteiger charge is -2.24. The highest BCUT2D eigenvalue weighted by Crippen LogP contribution is 2.49. The average Bonchev–Trinajstić information content (AvgIpc) is 3.32. The van der Waals surface area contributed by atoms with Crippen LogP contribution in [0.15, 0.2) is 42.7 Å². The Kier molecular flexibility index (Phi) is 4.13. The molecule has 1 amide bonds. The molecule has 2 aromatic rings. The van der Waals surface area contributed by atoms with Gasteiger partial charge in [0.15, 0.2) is 0 Å². The van der Waals surface area contributed by atoms with E-state index in [4.69, 9.17) is 0 Å². The summed E-state index contributed by atoms with van der Waals surface area (Å²) in [5.74, 6) is 2.63. The summed E-state index contributed by atoms with van der Waals surface area (Å²) in [6.45, 7) is 0.631. The quantitative estimate of drug-likeness (QED) is 0.842. The van der Waals surface area contributed by atoms with Crippen molar-refractivity contribution in [1.82, 2.24) is 14.7 Å². The zero-order valence-corrected chi connectivity index (χ0v) is 14.3. The number of hydrogen-bond acceptors (Lipinski definition) is 2. The minimum atomic E-state index is 0.278. The number of carbonyl (C=O) groups is 1. The van der Waals surface area contributed by atoms with Crippen LogP contribution in [0.3, 0.4) is 0 Å². The van der Waals surface area contributed by atoms with Crippen molar-refractivity contribution in [1.29, 1.82) is 0 Å². The van der Waals surface area contributed by atoms with E-state index in [9.17, 15) is 4.79 Å². The Balaban J connectivity index is 1.35. The highest BCUT2D eigenvalue weighted by atomic mass is 16.2. The Morgan fingerprint density at radius 1 is 1.25 bits per heavy atom. The number of hydrogen-bond donors (Lipinski definition) is 0. The van der Waals surface area contributed by atoms with Crippen LogP contribution in [0.5, 0.6) is 0 Å². The van der Waals surface area contributed by atoms with Crippen molar-refractivity contribution in [3.05, 3.63) is 48.3 Å². The molecule has 1 heterocycles. The van der Waals surface area contributed by atoms with E-state index in [2.05, 4.69) is 5.10 Å². The maximum atomic E-state index is 12.6. The van der Waals surface area contributed by atoms with E-state index in [1.54, 1.807) is 0 Å². The number of fused-ring (bicyclic) bond motifs is 2. The van der Waals surface area contributed by atoms with Crippen LogP contribution >= 0.6 is 0 Å². The van der Waals surface area contributed by atoms with Crippen molar-refractivity contribution in [3.8, 4) is 5.69 Å². The molecule has 0 saturated heterocycles. The first kappa shape index (κ1) is 15.4. The van der Waals surface area contributed by atoms with E-state index in [1.165, 1.54) is 25.7 Å². The fourth-order valence-corrected chi connectivity index (χ4v) is 4.53. The smallest absolute Gasteiger partial charge is 0.222 e. The number of para-hydroxylation sites is 1. The summed E-state index contributed by atoms with van der Waals surface area (Å²) in [6, 6.07) is 10.1. The fraction of sp³-hybridized carbons (Fsp3) is 0.500. The third-order valence-corrected chi connectivity index (χ3v) is 5.82. The van der Waals surface area contributed by atoms with Gasteiger partial charge in [-0.3, -0.25) is 4.79 Å². The minimum absolute atomic E-state index is 0.278. The third-order valence-electron chi connectivity index (χ3n) is 5.82. The Hall–Kier alpha value is -2.10. The van der Waals surface area contributed by atoms with E-state index in [0.29, 0.717) is 12.5 Å². The second-order valence-electron chi connectivity index (χ2n) is 7.52. The highest BCUT2D eigenvalue weighted by Gasteiger charge is 2.40. The second kappa shape index (κ2) is 6.42. The molecule has 4 nitrogen and oxygen atoms in total. The van der Waals surface area contributed by atoms with Gasteiger partial charge in [0.05, 0.1) is 11.9 Å². The predicted octanol–water partition coefficient (Wildman–Crippen LogP) is 3.66. The summed E-state index contributed by atoms with van der Waals surface area (Å²) >= 11 is 0. The molecular formula is C20H25N3O. The molecule has 126 valence electrons. The molecule has 0 N–H and O–H groups in total. The molecule has 2 fully saturated rings. The summed E-state index contributed by atoms with van der Waals surface area (Å²) in [5.41, 5.74) is 2.11. The summed E-state index contributed by atoms with van der Waals surface area (Å²) in [7, 11) is 1.91. The molecule has 0 radical (unpaired) electrons. The zero-order chi connectivity index (χ0) is 16.5. The first-order chi connectivity index (χ1) is 11.7. The van der Waals surface area contributed by atoms with Crippen LogP contribution in [0.25, 0.3) is 5.69 Å². The van der Waals surface area contributed by atoms with Crippen molar-refractivity contribution in [2.45, 2.75) is 38.6 Å². The summed E-state index contributed by atoms with van der Waals surface area (Å²) in [6.07, 6.45) is 9.97. The molecule has 2 aliphatic carbocycles. The standard InChI is InChI=1S/C20H25N3O/c1-22(20(24)11-18-10-15-7-8-17(18)9-15)13-16-12-21-23(14-16)19-5-3-2-4-6-19/h2-6,12,14-15,17-18H,7-11,13H2,1H3/t15-,17+,18+/m0/s1. The number of rotatable bonds is 5. The molecule has 4 heteroatoms. The van der Waals surface area contributed by atoms with E-state index in [-0.39, 0.29) is 5.91 Å². The van der Waals surface area contributed by atoms with Crippen LogP contribution in [-0.2, 0) is 11.3 Å². The lowest BCUT2D eigenvalue weighted by atomic mass is 9.86. The molecule has 1 aromatic heterocycles. The third kappa shape index (κ3) is 3.10. The maximum absolute atomic E-state index is 12.6. The molecule has 1 aromatic carbocycles. The lowest BCUT2D eigenvalue weighted by molar-refractivity contribution is -0.131. The maximum Gasteiger partial charge on any atom is 0.222 e. The molecule has 2 aliphatic rings. The van der Waals surface area contributed by atoms with Crippen molar-refractivity contribution < 1.29 is 4.79 Å². The van der Waals surface area contributed by atoms with Crippen LogP contribution in [-0.4, -0.2) is 27.6 Å². The zero-order valence-electron chi connectivity index (χ0n) is 14.3. The molecule has 0 unspecified atom stereocenters. The van der Waals surface area contributed by atoms with Crippen LogP contribution in [0, 0.1) is 17.8 Å². The largest absolute Gasteiger partial charge is 0.341 e. The second-order valence-corrected chi connectivity index (χ2v) is 7.52. The van der Waals surface area contributed by atoms with Gasteiger partial charge in [-0.2, -0.15) is 5.10 Å². The van der Waals surface area contributed by atoms with Gasteiger partial charge in [0.1, 0.15) is 0 Å². The highest BCUT2D eigenvalue weighted by molar-refractivity contribution is 5.76. The van der Waals surface area contributed by atoms with Gasteiger partial charge in [-0.1, -0.05) is 24.6 Å². The first-order valence-corrected chi connectivity index (χ1v) is 9.02. The predicted molar refractivity (Wildman–Crippen MR) is 93.6 cm³/mol. The van der Waals surface area contributed by atoms with Gasteiger partial charge in [0.25, 0.3) is 0 Å². The van der Waals surface area contributed by atoms with Gasteiger partial charge in [0.2, 0.25) is 5.91 Å². The topological polar surface area (TPSA) is 38.1 Å². The van der Waals surface area contributed by atoms with E-state index in [0.717, 1.165) is 29.5 Å². The summed E-state index contributed by atoms with van der Waals surface area (Å²) in [4.78, 5) is 14.4. The molecule has 2 saturated carbocycles. The molecule has 3 atom stereocenters. The van der Waals surface area contributed by atoms with Gasteiger partial charge >= 0.3 is 0 Å².